The Kier molecular flexibility index (Phi) is 3.72. The average Bonchev–Trinajstić information content (AvgIpc) is 2.92. The molecule has 3 rings (SSSR count). The predicted octanol–water partition coefficient (Wildman–Crippen LogP) is 2.52. The van der Waals surface area contributed by atoms with Gasteiger partial charge in [-0.15, -0.1) is 0 Å². The molecule has 3 heterocycles. The van der Waals surface area contributed by atoms with Crippen LogP contribution in [0.2, 0.25) is 0 Å². The number of nitrogens with one attached hydrogen (secondary N) is 2. The first kappa shape index (κ1) is 13.0. The minimum absolute atomic E-state index is 0.458. The molecule has 0 unspecified atom stereocenters. The van der Waals surface area contributed by atoms with Crippen LogP contribution in [0.4, 0.5) is 17.6 Å². The number of rotatable bonds is 5. The van der Waals surface area contributed by atoms with Gasteiger partial charge in [-0.05, 0) is 24.6 Å². The molecule has 0 bridgehead atoms. The van der Waals surface area contributed by atoms with Crippen LogP contribution in [0.3, 0.4) is 0 Å². The van der Waals surface area contributed by atoms with Crippen LogP contribution in [0, 0.1) is 6.92 Å². The highest BCUT2D eigenvalue weighted by atomic mass is 16.5. The quantitative estimate of drug-likeness (QED) is 0.743. The molecule has 7 nitrogen and oxygen atoms in total. The van der Waals surface area contributed by atoms with Gasteiger partial charge < -0.3 is 15.2 Å². The molecule has 0 aromatic carbocycles. The van der Waals surface area contributed by atoms with Crippen LogP contribution in [0.1, 0.15) is 11.3 Å². The summed E-state index contributed by atoms with van der Waals surface area (Å²) in [6.07, 6.45) is 5.23. The van der Waals surface area contributed by atoms with Crippen molar-refractivity contribution in [1.29, 1.82) is 0 Å². The van der Waals surface area contributed by atoms with Gasteiger partial charge in [0.2, 0.25) is 5.95 Å². The summed E-state index contributed by atoms with van der Waals surface area (Å²) in [5.74, 6) is 2.48. The summed E-state index contributed by atoms with van der Waals surface area (Å²) in [4.78, 5) is 12.6. The van der Waals surface area contributed by atoms with E-state index in [9.17, 15) is 0 Å². The van der Waals surface area contributed by atoms with Crippen molar-refractivity contribution in [2.45, 2.75) is 13.5 Å². The topological polar surface area (TPSA) is 88.8 Å². The zero-order chi connectivity index (χ0) is 14.5. The second kappa shape index (κ2) is 6.00. The molecule has 0 fully saturated rings. The summed E-state index contributed by atoms with van der Waals surface area (Å²) in [6.45, 7) is 2.47. The maximum absolute atomic E-state index is 4.98. The molecule has 0 aliphatic heterocycles. The molecule has 3 aromatic rings. The Morgan fingerprint density at radius 1 is 1.19 bits per heavy atom. The largest absolute Gasteiger partial charge is 0.366 e. The van der Waals surface area contributed by atoms with E-state index in [4.69, 9.17) is 4.52 Å². The lowest BCUT2D eigenvalue weighted by atomic mass is 10.3. The highest BCUT2D eigenvalue weighted by Gasteiger charge is 2.04. The molecule has 0 radical (unpaired) electrons. The Morgan fingerprint density at radius 2 is 2.14 bits per heavy atom. The third kappa shape index (κ3) is 3.53. The number of nitrogens with zero attached hydrogens (tertiary/aromatic N) is 4. The van der Waals surface area contributed by atoms with E-state index >= 15 is 0 Å². The lowest BCUT2D eigenvalue weighted by Gasteiger charge is -2.06. The fourth-order valence-corrected chi connectivity index (χ4v) is 1.75. The Labute approximate surface area is 121 Å². The molecule has 2 N–H and O–H groups in total. The third-order valence-corrected chi connectivity index (χ3v) is 2.72. The molecule has 0 aliphatic carbocycles. The van der Waals surface area contributed by atoms with E-state index in [2.05, 4.69) is 30.7 Å². The second-order valence-electron chi connectivity index (χ2n) is 4.43. The van der Waals surface area contributed by atoms with Crippen LogP contribution < -0.4 is 10.6 Å². The van der Waals surface area contributed by atoms with E-state index in [1.807, 2.05) is 25.3 Å². The van der Waals surface area contributed by atoms with E-state index in [0.717, 1.165) is 17.1 Å². The number of anilines is 3. The monoisotopic (exact) mass is 282 g/mol. The van der Waals surface area contributed by atoms with E-state index in [1.54, 1.807) is 24.5 Å². The molecule has 0 saturated carbocycles. The fourth-order valence-electron chi connectivity index (χ4n) is 1.75. The number of pyridine rings is 1. The lowest BCUT2D eigenvalue weighted by molar-refractivity contribution is 0.400. The second-order valence-corrected chi connectivity index (χ2v) is 4.43. The first-order chi connectivity index (χ1) is 10.3. The maximum Gasteiger partial charge on any atom is 0.230 e. The van der Waals surface area contributed by atoms with Crippen molar-refractivity contribution in [3.8, 4) is 0 Å². The lowest BCUT2D eigenvalue weighted by Crippen LogP contribution is -2.04. The standard InChI is InChI=1S/C14H14N6O/c1-10-7-13(20-21-10)19-14-16-6-4-12(18-14)17-9-11-3-2-5-15-8-11/h2-8H,9H2,1H3,(H2,16,17,18,19,20). The van der Waals surface area contributed by atoms with Crippen LogP contribution in [0.15, 0.2) is 47.4 Å². The van der Waals surface area contributed by atoms with Gasteiger partial charge in [-0.2, -0.15) is 4.98 Å². The third-order valence-electron chi connectivity index (χ3n) is 2.72. The first-order valence-electron chi connectivity index (χ1n) is 6.46. The summed E-state index contributed by atoms with van der Waals surface area (Å²) in [7, 11) is 0. The minimum atomic E-state index is 0.458. The van der Waals surface area contributed by atoms with Gasteiger partial charge in [0.1, 0.15) is 11.6 Å². The van der Waals surface area contributed by atoms with E-state index < -0.39 is 0 Å². The highest BCUT2D eigenvalue weighted by Crippen LogP contribution is 2.14. The summed E-state index contributed by atoms with van der Waals surface area (Å²) in [6, 6.07) is 7.48. The van der Waals surface area contributed by atoms with Crippen LogP contribution in [0.25, 0.3) is 0 Å². The minimum Gasteiger partial charge on any atom is -0.366 e. The Balaban J connectivity index is 1.65. The number of aromatic nitrogens is 4. The molecular weight excluding hydrogens is 268 g/mol. The summed E-state index contributed by atoms with van der Waals surface area (Å²) >= 11 is 0. The van der Waals surface area contributed by atoms with Crippen LogP contribution in [-0.2, 0) is 6.54 Å². The van der Waals surface area contributed by atoms with Crippen molar-refractivity contribution >= 4 is 17.6 Å². The molecule has 3 aromatic heterocycles. The van der Waals surface area contributed by atoms with Gasteiger partial charge in [0.05, 0.1) is 0 Å². The first-order valence-corrected chi connectivity index (χ1v) is 6.46. The number of hydrogen-bond donors (Lipinski definition) is 2. The van der Waals surface area contributed by atoms with Gasteiger partial charge in [0, 0.05) is 31.2 Å². The van der Waals surface area contributed by atoms with Gasteiger partial charge >= 0.3 is 0 Å². The average molecular weight is 282 g/mol. The predicted molar refractivity (Wildman–Crippen MR) is 78.1 cm³/mol. The molecule has 0 saturated heterocycles. The van der Waals surface area contributed by atoms with E-state index in [0.29, 0.717) is 18.3 Å². The normalized spacial score (nSPS) is 10.3. The zero-order valence-electron chi connectivity index (χ0n) is 11.4. The van der Waals surface area contributed by atoms with Gasteiger partial charge in [0.25, 0.3) is 0 Å². The highest BCUT2D eigenvalue weighted by molar-refractivity contribution is 5.49. The molecule has 0 aliphatic rings. The van der Waals surface area contributed by atoms with Gasteiger partial charge in [0.15, 0.2) is 5.82 Å². The molecular formula is C14H14N6O. The Morgan fingerprint density at radius 3 is 2.90 bits per heavy atom. The van der Waals surface area contributed by atoms with Crippen LogP contribution in [-0.4, -0.2) is 20.1 Å². The SMILES string of the molecule is Cc1cc(Nc2nccc(NCc3cccnc3)n2)no1. The molecule has 0 amide bonds. The van der Waals surface area contributed by atoms with Crippen molar-refractivity contribution in [2.75, 3.05) is 10.6 Å². The molecule has 0 atom stereocenters. The van der Waals surface area contributed by atoms with Crippen LogP contribution >= 0.6 is 0 Å². The maximum atomic E-state index is 4.98. The van der Waals surface area contributed by atoms with Crippen LogP contribution in [0.5, 0.6) is 0 Å². The van der Waals surface area contributed by atoms with Crippen molar-refractivity contribution in [3.05, 3.63) is 54.2 Å². The fraction of sp³-hybridized carbons (Fsp3) is 0.143. The number of aryl methyl sites for hydroxylation is 1. The van der Waals surface area contributed by atoms with Gasteiger partial charge in [-0.3, -0.25) is 4.98 Å². The Hall–Kier alpha value is -2.96. The smallest absolute Gasteiger partial charge is 0.230 e. The Bertz CT molecular complexity index is 712. The van der Waals surface area contributed by atoms with Crippen molar-refractivity contribution in [3.63, 3.8) is 0 Å². The summed E-state index contributed by atoms with van der Waals surface area (Å²) < 4.78 is 4.98. The van der Waals surface area contributed by atoms with E-state index in [-0.39, 0.29) is 0 Å². The van der Waals surface area contributed by atoms with Crippen molar-refractivity contribution in [1.82, 2.24) is 20.1 Å². The zero-order valence-corrected chi connectivity index (χ0v) is 11.4. The van der Waals surface area contributed by atoms with Gasteiger partial charge in [-0.1, -0.05) is 11.2 Å². The molecule has 21 heavy (non-hydrogen) atoms. The molecule has 7 heteroatoms. The summed E-state index contributed by atoms with van der Waals surface area (Å²) in [5, 5.41) is 10.0. The van der Waals surface area contributed by atoms with Crippen molar-refractivity contribution in [2.24, 2.45) is 0 Å². The van der Waals surface area contributed by atoms with Gasteiger partial charge in [-0.25, -0.2) is 4.98 Å². The molecule has 106 valence electrons. The van der Waals surface area contributed by atoms with Crippen molar-refractivity contribution < 1.29 is 4.52 Å². The summed E-state index contributed by atoms with van der Waals surface area (Å²) in [5.41, 5.74) is 1.08. The van der Waals surface area contributed by atoms with E-state index in [1.165, 1.54) is 0 Å². The number of hydrogen-bond acceptors (Lipinski definition) is 7. The molecule has 0 spiro atoms.